The fourth-order valence-corrected chi connectivity index (χ4v) is 4.07. The third-order valence-electron chi connectivity index (χ3n) is 5.58. The highest BCUT2D eigenvalue weighted by atomic mass is 19.1. The van der Waals surface area contributed by atoms with Gasteiger partial charge in [-0.3, -0.25) is 9.59 Å². The van der Waals surface area contributed by atoms with Crippen LogP contribution in [-0.2, 0) is 4.79 Å². The van der Waals surface area contributed by atoms with Crippen molar-refractivity contribution in [2.24, 2.45) is 0 Å². The molecule has 4 N–H and O–H groups in total. The first-order valence-corrected chi connectivity index (χ1v) is 9.79. The summed E-state index contributed by atoms with van der Waals surface area (Å²) in [6.45, 7) is 0. The van der Waals surface area contributed by atoms with Gasteiger partial charge in [0.05, 0.1) is 6.42 Å². The van der Waals surface area contributed by atoms with Gasteiger partial charge in [0.2, 0.25) is 11.2 Å². The van der Waals surface area contributed by atoms with E-state index in [0.29, 0.717) is 0 Å². The van der Waals surface area contributed by atoms with Crippen molar-refractivity contribution in [2.45, 2.75) is 12.3 Å². The van der Waals surface area contributed by atoms with Crippen molar-refractivity contribution in [1.29, 1.82) is 0 Å². The Hall–Kier alpha value is -4.53. The van der Waals surface area contributed by atoms with E-state index < -0.39 is 46.1 Å². The number of ether oxygens (including phenoxy) is 1. The second-order valence-electron chi connectivity index (χ2n) is 7.58. The van der Waals surface area contributed by atoms with Crippen LogP contribution in [0.2, 0.25) is 0 Å². The number of hydrogen-bond acceptors (Lipinski definition) is 8. The number of fused-ring (bicyclic) bond motifs is 3. The van der Waals surface area contributed by atoms with Crippen molar-refractivity contribution in [3.8, 4) is 40.1 Å². The summed E-state index contributed by atoms with van der Waals surface area (Å²) in [6, 6.07) is 10.3. The van der Waals surface area contributed by atoms with E-state index in [1.165, 1.54) is 24.3 Å². The molecule has 5 rings (SSSR count). The molecule has 1 aliphatic heterocycles. The predicted octanol–water partition coefficient (Wildman–Crippen LogP) is 3.86. The number of hydrogen-bond donors (Lipinski definition) is 4. The molecule has 0 spiro atoms. The largest absolute Gasteiger partial charge is 0.507 e. The van der Waals surface area contributed by atoms with Crippen LogP contribution in [0.1, 0.15) is 23.5 Å². The zero-order valence-electron chi connectivity index (χ0n) is 16.7. The average Bonchev–Trinajstić information content (AvgIpc) is 2.77. The number of esters is 1. The Kier molecular flexibility index (Phi) is 4.49. The van der Waals surface area contributed by atoms with Gasteiger partial charge in [0, 0.05) is 23.1 Å². The van der Waals surface area contributed by atoms with Crippen molar-refractivity contribution in [3.05, 3.63) is 75.7 Å². The van der Waals surface area contributed by atoms with Gasteiger partial charge >= 0.3 is 5.97 Å². The van der Waals surface area contributed by atoms with Crippen LogP contribution >= 0.6 is 0 Å². The van der Waals surface area contributed by atoms with Gasteiger partial charge in [0.15, 0.2) is 17.3 Å². The molecule has 0 radical (unpaired) electrons. The molecule has 166 valence electrons. The molecule has 0 bridgehead atoms. The SMILES string of the molecule is O=C1CC(c2ccccc2F)c2c(cc(O)c3c(=O)c(O)c(-c4ccc(O)c(O)c4)oc23)O1. The maximum Gasteiger partial charge on any atom is 0.312 e. The molecule has 2 heterocycles. The van der Waals surface area contributed by atoms with Crippen molar-refractivity contribution in [3.63, 3.8) is 0 Å². The van der Waals surface area contributed by atoms with E-state index >= 15 is 0 Å². The lowest BCUT2D eigenvalue weighted by molar-refractivity contribution is -0.135. The van der Waals surface area contributed by atoms with Gasteiger partial charge in [0.1, 0.15) is 28.3 Å². The molecule has 33 heavy (non-hydrogen) atoms. The molecule has 8 nitrogen and oxygen atoms in total. The first-order chi connectivity index (χ1) is 15.8. The minimum absolute atomic E-state index is 0.0501. The molecule has 1 unspecified atom stereocenters. The summed E-state index contributed by atoms with van der Waals surface area (Å²) in [4.78, 5) is 25.2. The molecular formula is C24H15FO8. The number of rotatable bonds is 2. The molecule has 4 aromatic rings. The van der Waals surface area contributed by atoms with E-state index in [1.807, 2.05) is 0 Å². The van der Waals surface area contributed by atoms with Gasteiger partial charge in [-0.05, 0) is 29.8 Å². The lowest BCUT2D eigenvalue weighted by atomic mass is 9.84. The second kappa shape index (κ2) is 7.27. The lowest BCUT2D eigenvalue weighted by Gasteiger charge is -2.26. The fraction of sp³-hybridized carbons (Fsp3) is 0.0833. The number of halogens is 1. The maximum absolute atomic E-state index is 14.7. The van der Waals surface area contributed by atoms with E-state index in [1.54, 1.807) is 6.07 Å². The molecule has 1 aromatic heterocycles. The number of aromatic hydroxyl groups is 4. The van der Waals surface area contributed by atoms with Crippen molar-refractivity contribution < 1.29 is 38.8 Å². The lowest BCUT2D eigenvalue weighted by Crippen LogP contribution is -2.22. The molecule has 0 aliphatic carbocycles. The van der Waals surface area contributed by atoms with E-state index in [-0.39, 0.29) is 45.6 Å². The van der Waals surface area contributed by atoms with Gasteiger partial charge in [0.25, 0.3) is 0 Å². The van der Waals surface area contributed by atoms with Gasteiger partial charge in [-0.15, -0.1) is 0 Å². The summed E-state index contributed by atoms with van der Waals surface area (Å²) in [6.07, 6.45) is -0.256. The Balaban J connectivity index is 1.88. The van der Waals surface area contributed by atoms with E-state index in [2.05, 4.69) is 0 Å². The van der Waals surface area contributed by atoms with Crippen LogP contribution in [0.25, 0.3) is 22.3 Å². The molecule has 0 fully saturated rings. The van der Waals surface area contributed by atoms with Crippen LogP contribution in [0.15, 0.2) is 57.7 Å². The third-order valence-corrected chi connectivity index (χ3v) is 5.58. The topological polar surface area (TPSA) is 137 Å². The number of carbonyl (C=O) groups excluding carboxylic acids is 1. The Morgan fingerprint density at radius 2 is 1.67 bits per heavy atom. The average molecular weight is 450 g/mol. The van der Waals surface area contributed by atoms with Crippen LogP contribution < -0.4 is 10.2 Å². The van der Waals surface area contributed by atoms with E-state index in [9.17, 15) is 34.4 Å². The quantitative estimate of drug-likeness (QED) is 0.205. The summed E-state index contributed by atoms with van der Waals surface area (Å²) >= 11 is 0. The Bertz CT molecular complexity index is 1520. The molecule has 0 saturated carbocycles. The van der Waals surface area contributed by atoms with Crippen LogP contribution in [0, 0.1) is 5.82 Å². The predicted molar refractivity (Wildman–Crippen MR) is 113 cm³/mol. The van der Waals surface area contributed by atoms with Crippen molar-refractivity contribution in [1.82, 2.24) is 0 Å². The number of benzene rings is 3. The molecule has 9 heteroatoms. The zero-order valence-corrected chi connectivity index (χ0v) is 16.7. The van der Waals surface area contributed by atoms with Gasteiger partial charge < -0.3 is 29.6 Å². The summed E-state index contributed by atoms with van der Waals surface area (Å²) in [5, 5.41) is 40.0. The Morgan fingerprint density at radius 1 is 0.909 bits per heavy atom. The molecular weight excluding hydrogens is 435 g/mol. The molecule has 0 saturated heterocycles. The first-order valence-electron chi connectivity index (χ1n) is 9.79. The molecule has 0 amide bonds. The van der Waals surface area contributed by atoms with Crippen molar-refractivity contribution >= 4 is 16.9 Å². The number of phenols is 3. The zero-order chi connectivity index (χ0) is 23.4. The number of phenolic OH excluding ortho intramolecular Hbond substituents is 3. The number of carbonyl (C=O) groups is 1. The van der Waals surface area contributed by atoms with Crippen molar-refractivity contribution in [2.75, 3.05) is 0 Å². The highest BCUT2D eigenvalue weighted by molar-refractivity contribution is 5.94. The first kappa shape index (κ1) is 20.4. The van der Waals surface area contributed by atoms with E-state index in [4.69, 9.17) is 9.15 Å². The summed E-state index contributed by atoms with van der Waals surface area (Å²) in [7, 11) is 0. The summed E-state index contributed by atoms with van der Waals surface area (Å²) in [5.74, 6) is -5.04. The fourth-order valence-electron chi connectivity index (χ4n) is 4.07. The minimum Gasteiger partial charge on any atom is -0.507 e. The Labute approximate surface area is 184 Å². The highest BCUT2D eigenvalue weighted by Gasteiger charge is 2.35. The second-order valence-corrected chi connectivity index (χ2v) is 7.58. The molecule has 3 aromatic carbocycles. The van der Waals surface area contributed by atoms with E-state index in [0.717, 1.165) is 18.2 Å². The summed E-state index contributed by atoms with van der Waals surface area (Å²) < 4.78 is 25.7. The van der Waals surface area contributed by atoms with Gasteiger partial charge in [-0.2, -0.15) is 0 Å². The molecule has 1 aliphatic rings. The van der Waals surface area contributed by atoms with Gasteiger partial charge in [-0.25, -0.2) is 4.39 Å². The van der Waals surface area contributed by atoms with Crippen LogP contribution in [0.5, 0.6) is 28.7 Å². The smallest absolute Gasteiger partial charge is 0.312 e. The Morgan fingerprint density at radius 3 is 2.39 bits per heavy atom. The molecule has 1 atom stereocenters. The van der Waals surface area contributed by atoms with Crippen LogP contribution in [0.3, 0.4) is 0 Å². The monoisotopic (exact) mass is 450 g/mol. The van der Waals surface area contributed by atoms with Gasteiger partial charge in [-0.1, -0.05) is 18.2 Å². The standard InChI is InChI=1S/C24H15FO8/c25-13-4-2-1-3-11(13)12-8-18(29)32-17-9-16(28)20-21(30)22(31)23(33-24(20)19(12)17)10-5-6-14(26)15(27)7-10/h1-7,9,12,26-28,31H,8H2. The van der Waals surface area contributed by atoms with Crippen LogP contribution in [-0.4, -0.2) is 26.4 Å². The highest BCUT2D eigenvalue weighted by Crippen LogP contribution is 2.47. The summed E-state index contributed by atoms with van der Waals surface area (Å²) in [5.41, 5.74) is -0.843. The normalized spacial score (nSPS) is 15.3. The van der Waals surface area contributed by atoms with Crippen LogP contribution in [0.4, 0.5) is 4.39 Å². The maximum atomic E-state index is 14.7. The third kappa shape index (κ3) is 3.13. The minimum atomic E-state index is -0.983.